The van der Waals surface area contributed by atoms with Gasteiger partial charge in [0.2, 0.25) is 0 Å². The molecule has 0 atom stereocenters. The van der Waals surface area contributed by atoms with Gasteiger partial charge in [0.25, 0.3) is 5.91 Å². The number of halogens is 1. The molecule has 4 rings (SSSR count). The van der Waals surface area contributed by atoms with Gasteiger partial charge >= 0.3 is 0 Å². The number of carbonyl (C=O) groups excluding carboxylic acids is 1. The first-order valence-electron chi connectivity index (χ1n) is 11.7. The molecule has 1 aliphatic rings. The van der Waals surface area contributed by atoms with Crippen LogP contribution in [0.2, 0.25) is 0 Å². The topological polar surface area (TPSA) is 53.4 Å². The Kier molecular flexibility index (Phi) is 7.40. The van der Waals surface area contributed by atoms with Gasteiger partial charge in [0.05, 0.1) is 11.4 Å². The minimum Gasteiger partial charge on any atom is -0.367 e. The summed E-state index contributed by atoms with van der Waals surface area (Å²) in [7, 11) is 0. The van der Waals surface area contributed by atoms with Gasteiger partial charge in [-0.25, -0.2) is 9.07 Å². The molecule has 0 saturated carbocycles. The van der Waals surface area contributed by atoms with Gasteiger partial charge in [-0.3, -0.25) is 9.69 Å². The maximum atomic E-state index is 14.0. The highest BCUT2D eigenvalue weighted by Crippen LogP contribution is 2.20. The molecule has 0 aliphatic carbocycles. The molecule has 0 radical (unpaired) electrons. The second-order valence-electron chi connectivity index (χ2n) is 8.90. The van der Waals surface area contributed by atoms with E-state index in [9.17, 15) is 9.18 Å². The molecule has 0 bridgehead atoms. The van der Waals surface area contributed by atoms with Crippen LogP contribution in [0.25, 0.3) is 5.69 Å². The lowest BCUT2D eigenvalue weighted by molar-refractivity contribution is 0.0942. The van der Waals surface area contributed by atoms with Crippen molar-refractivity contribution in [3.05, 3.63) is 77.9 Å². The van der Waals surface area contributed by atoms with Crippen molar-refractivity contribution in [2.45, 2.75) is 20.3 Å². The van der Waals surface area contributed by atoms with Crippen LogP contribution in [-0.4, -0.2) is 59.9 Å². The predicted molar refractivity (Wildman–Crippen MR) is 129 cm³/mol. The molecule has 174 valence electrons. The first kappa shape index (κ1) is 23.0. The summed E-state index contributed by atoms with van der Waals surface area (Å²) in [5.41, 5.74) is 3.10. The molecule has 33 heavy (non-hydrogen) atoms. The first-order chi connectivity index (χ1) is 16.0. The molecule has 2 heterocycles. The Labute approximate surface area is 195 Å². The standard InChI is InChI=1S/C26H32FN5O/c1-20(2)18-22-19-24(29-32(22)21-8-4-3-5-9-21)26(33)28-12-13-30-14-16-31(17-15-30)25-11-7-6-10-23(25)27/h3-11,19-20H,12-18H2,1-2H3,(H,28,33). The Morgan fingerprint density at radius 3 is 2.42 bits per heavy atom. The van der Waals surface area contributed by atoms with Crippen LogP contribution in [0.5, 0.6) is 0 Å². The number of amides is 1. The molecule has 1 amide bonds. The third-order valence-electron chi connectivity index (χ3n) is 5.91. The van der Waals surface area contributed by atoms with E-state index in [0.29, 0.717) is 23.8 Å². The van der Waals surface area contributed by atoms with E-state index in [4.69, 9.17) is 0 Å². The maximum absolute atomic E-state index is 14.0. The number of rotatable bonds is 8. The van der Waals surface area contributed by atoms with Gasteiger partial charge in [-0.2, -0.15) is 5.10 Å². The molecular weight excluding hydrogens is 417 g/mol. The summed E-state index contributed by atoms with van der Waals surface area (Å²) in [5, 5.41) is 7.61. The summed E-state index contributed by atoms with van der Waals surface area (Å²) in [6.07, 6.45) is 0.849. The molecule has 6 nitrogen and oxygen atoms in total. The first-order valence-corrected chi connectivity index (χ1v) is 11.7. The number of para-hydroxylation sites is 2. The third-order valence-corrected chi connectivity index (χ3v) is 5.91. The zero-order chi connectivity index (χ0) is 23.2. The van der Waals surface area contributed by atoms with Crippen molar-refractivity contribution in [3.63, 3.8) is 0 Å². The Balaban J connectivity index is 1.30. The monoisotopic (exact) mass is 449 g/mol. The molecular formula is C26H32FN5O. The van der Waals surface area contributed by atoms with E-state index < -0.39 is 0 Å². The number of piperazine rings is 1. The van der Waals surface area contributed by atoms with E-state index in [0.717, 1.165) is 50.5 Å². The third kappa shape index (κ3) is 5.79. The second kappa shape index (κ2) is 10.6. The smallest absolute Gasteiger partial charge is 0.271 e. The van der Waals surface area contributed by atoms with Crippen molar-refractivity contribution in [3.8, 4) is 5.69 Å². The number of anilines is 1. The van der Waals surface area contributed by atoms with E-state index >= 15 is 0 Å². The number of aromatic nitrogens is 2. The van der Waals surface area contributed by atoms with E-state index in [2.05, 4.69) is 34.1 Å². The predicted octanol–water partition coefficient (Wildman–Crippen LogP) is 3.76. The van der Waals surface area contributed by atoms with Gasteiger partial charge in [-0.1, -0.05) is 44.2 Å². The lowest BCUT2D eigenvalue weighted by atomic mass is 10.1. The van der Waals surface area contributed by atoms with Crippen molar-refractivity contribution in [2.75, 3.05) is 44.2 Å². The van der Waals surface area contributed by atoms with E-state index in [-0.39, 0.29) is 11.7 Å². The van der Waals surface area contributed by atoms with Gasteiger partial charge in [-0.15, -0.1) is 0 Å². The zero-order valence-electron chi connectivity index (χ0n) is 19.4. The highest BCUT2D eigenvalue weighted by atomic mass is 19.1. The number of hydrogen-bond donors (Lipinski definition) is 1. The summed E-state index contributed by atoms with van der Waals surface area (Å²) in [6.45, 7) is 8.86. The number of nitrogens with zero attached hydrogens (tertiary/aromatic N) is 4. The van der Waals surface area contributed by atoms with Crippen molar-refractivity contribution in [1.29, 1.82) is 0 Å². The zero-order valence-corrected chi connectivity index (χ0v) is 19.4. The molecule has 1 saturated heterocycles. The Morgan fingerprint density at radius 2 is 1.73 bits per heavy atom. The largest absolute Gasteiger partial charge is 0.367 e. The van der Waals surface area contributed by atoms with Crippen molar-refractivity contribution < 1.29 is 9.18 Å². The molecule has 1 aliphatic heterocycles. The lowest BCUT2D eigenvalue weighted by Gasteiger charge is -2.36. The van der Waals surface area contributed by atoms with Crippen LogP contribution in [0.15, 0.2) is 60.7 Å². The van der Waals surface area contributed by atoms with Crippen LogP contribution in [-0.2, 0) is 6.42 Å². The number of benzene rings is 2. The van der Waals surface area contributed by atoms with Crippen molar-refractivity contribution in [1.82, 2.24) is 20.0 Å². The minimum atomic E-state index is -0.176. The quantitative estimate of drug-likeness (QED) is 0.569. The highest BCUT2D eigenvalue weighted by Gasteiger charge is 2.20. The van der Waals surface area contributed by atoms with Crippen molar-refractivity contribution in [2.24, 2.45) is 5.92 Å². The SMILES string of the molecule is CC(C)Cc1cc(C(=O)NCCN2CCN(c3ccccc3F)CC2)nn1-c1ccccc1. The summed E-state index contributed by atoms with van der Waals surface area (Å²) >= 11 is 0. The second-order valence-corrected chi connectivity index (χ2v) is 8.90. The van der Waals surface area contributed by atoms with E-state index in [1.54, 1.807) is 6.07 Å². The number of hydrogen-bond acceptors (Lipinski definition) is 4. The van der Waals surface area contributed by atoms with Gasteiger partial charge in [0, 0.05) is 45.0 Å². The molecule has 1 fully saturated rings. The number of carbonyl (C=O) groups is 1. The molecule has 2 aromatic carbocycles. The van der Waals surface area contributed by atoms with Gasteiger partial charge < -0.3 is 10.2 Å². The lowest BCUT2D eigenvalue weighted by Crippen LogP contribution is -2.48. The van der Waals surface area contributed by atoms with Gasteiger partial charge in [-0.05, 0) is 42.7 Å². The van der Waals surface area contributed by atoms with E-state index in [1.807, 2.05) is 53.2 Å². The Bertz CT molecular complexity index is 1060. The summed E-state index contributed by atoms with van der Waals surface area (Å²) in [5.74, 6) is 0.132. The molecule has 3 aromatic rings. The Morgan fingerprint density at radius 1 is 1.03 bits per heavy atom. The van der Waals surface area contributed by atoms with Crippen LogP contribution in [0.3, 0.4) is 0 Å². The Hall–Kier alpha value is -3.19. The average Bonchev–Trinajstić information content (AvgIpc) is 3.24. The van der Waals surface area contributed by atoms with E-state index in [1.165, 1.54) is 6.07 Å². The van der Waals surface area contributed by atoms with Gasteiger partial charge in [0.15, 0.2) is 5.69 Å². The minimum absolute atomic E-state index is 0.153. The summed E-state index contributed by atoms with van der Waals surface area (Å²) in [6, 6.07) is 18.7. The van der Waals surface area contributed by atoms with Crippen molar-refractivity contribution >= 4 is 11.6 Å². The fourth-order valence-electron chi connectivity index (χ4n) is 4.23. The molecule has 0 unspecified atom stereocenters. The highest BCUT2D eigenvalue weighted by molar-refractivity contribution is 5.92. The average molecular weight is 450 g/mol. The van der Waals surface area contributed by atoms with Crippen LogP contribution >= 0.6 is 0 Å². The molecule has 7 heteroatoms. The molecule has 0 spiro atoms. The summed E-state index contributed by atoms with van der Waals surface area (Å²) < 4.78 is 15.9. The molecule has 1 aromatic heterocycles. The van der Waals surface area contributed by atoms with Crippen LogP contribution in [0.4, 0.5) is 10.1 Å². The fraction of sp³-hybridized carbons (Fsp3) is 0.385. The molecule has 1 N–H and O–H groups in total. The van der Waals surface area contributed by atoms with Crippen LogP contribution < -0.4 is 10.2 Å². The number of nitrogens with one attached hydrogen (secondary N) is 1. The summed E-state index contributed by atoms with van der Waals surface area (Å²) in [4.78, 5) is 17.2. The van der Waals surface area contributed by atoms with Crippen LogP contribution in [0.1, 0.15) is 30.0 Å². The fourth-order valence-corrected chi connectivity index (χ4v) is 4.23. The van der Waals surface area contributed by atoms with Crippen LogP contribution in [0, 0.1) is 11.7 Å². The maximum Gasteiger partial charge on any atom is 0.271 e. The van der Waals surface area contributed by atoms with Gasteiger partial charge in [0.1, 0.15) is 5.82 Å². The normalized spacial score (nSPS) is 14.6.